The average Bonchev–Trinajstić information content (AvgIpc) is 1.87. The maximum Gasteiger partial charge on any atom is 0.234 e. The first kappa shape index (κ1) is 10.4. The minimum atomic E-state index is -0.219. The number of amides is 1. The van der Waals surface area contributed by atoms with Crippen molar-refractivity contribution in [3.05, 3.63) is 0 Å². The van der Waals surface area contributed by atoms with Gasteiger partial charge in [0.25, 0.3) is 0 Å². The number of hydrogen-bond donors (Lipinski definition) is 1. The van der Waals surface area contributed by atoms with E-state index in [1.807, 2.05) is 19.0 Å². The third-order valence-electron chi connectivity index (χ3n) is 1.78. The van der Waals surface area contributed by atoms with Crippen molar-refractivity contribution in [3.63, 3.8) is 0 Å². The molecule has 1 amide bonds. The highest BCUT2D eigenvalue weighted by atomic mass is 16.1. The number of carbonyl (C=O) groups excluding carboxylic acids is 1. The molecular formula is C8H18N2O. The van der Waals surface area contributed by atoms with Crippen molar-refractivity contribution in [2.75, 3.05) is 14.1 Å². The van der Waals surface area contributed by atoms with E-state index in [2.05, 4.69) is 6.92 Å². The highest BCUT2D eigenvalue weighted by molar-refractivity contribution is 5.79. The molecule has 1 atom stereocenters. The predicted octanol–water partition coefficient (Wildman–Crippen LogP) is 0.592. The van der Waals surface area contributed by atoms with Crippen LogP contribution >= 0.6 is 0 Å². The second-order valence-electron chi connectivity index (χ2n) is 3.02. The summed E-state index contributed by atoms with van der Waals surface area (Å²) in [5.74, 6) is -0.219. The molecule has 2 N–H and O–H groups in total. The first-order valence-corrected chi connectivity index (χ1v) is 4.05. The van der Waals surface area contributed by atoms with Crippen LogP contribution in [0.2, 0.25) is 0 Å². The first-order valence-electron chi connectivity index (χ1n) is 4.05. The van der Waals surface area contributed by atoms with Gasteiger partial charge >= 0.3 is 0 Å². The Labute approximate surface area is 68.6 Å². The number of hydrogen-bond acceptors (Lipinski definition) is 2. The van der Waals surface area contributed by atoms with E-state index in [1.165, 1.54) is 0 Å². The molecule has 0 radical (unpaired) electrons. The summed E-state index contributed by atoms with van der Waals surface area (Å²) in [6.45, 7) is 2.10. The van der Waals surface area contributed by atoms with Crippen LogP contribution in [0.3, 0.4) is 0 Å². The Kier molecular flexibility index (Phi) is 4.86. The monoisotopic (exact) mass is 158 g/mol. The summed E-state index contributed by atoms with van der Waals surface area (Å²) >= 11 is 0. The van der Waals surface area contributed by atoms with Crippen LogP contribution in [0.15, 0.2) is 0 Å². The Hall–Kier alpha value is -0.570. The van der Waals surface area contributed by atoms with Gasteiger partial charge in [-0.2, -0.15) is 0 Å². The van der Waals surface area contributed by atoms with Crippen LogP contribution in [0.1, 0.15) is 26.2 Å². The van der Waals surface area contributed by atoms with Crippen LogP contribution in [0.4, 0.5) is 0 Å². The van der Waals surface area contributed by atoms with Crippen LogP contribution in [-0.2, 0) is 4.79 Å². The van der Waals surface area contributed by atoms with Gasteiger partial charge in [-0.1, -0.05) is 19.8 Å². The summed E-state index contributed by atoms with van der Waals surface area (Å²) in [7, 11) is 3.76. The van der Waals surface area contributed by atoms with E-state index in [4.69, 9.17) is 5.73 Å². The topological polar surface area (TPSA) is 46.3 Å². The number of rotatable bonds is 5. The molecule has 0 unspecified atom stereocenters. The van der Waals surface area contributed by atoms with Crippen molar-refractivity contribution in [1.29, 1.82) is 0 Å². The summed E-state index contributed by atoms with van der Waals surface area (Å²) in [4.78, 5) is 12.7. The van der Waals surface area contributed by atoms with Gasteiger partial charge in [-0.15, -0.1) is 0 Å². The molecule has 66 valence electrons. The van der Waals surface area contributed by atoms with Crippen molar-refractivity contribution in [2.24, 2.45) is 5.73 Å². The van der Waals surface area contributed by atoms with Crippen LogP contribution in [-0.4, -0.2) is 30.9 Å². The van der Waals surface area contributed by atoms with Gasteiger partial charge in [-0.25, -0.2) is 0 Å². The van der Waals surface area contributed by atoms with E-state index in [9.17, 15) is 4.79 Å². The standard InChI is InChI=1S/C8H18N2O/c1-4-5-6-7(8(9)11)10(2)3/h7H,4-6H2,1-3H3,(H2,9,11)/t7-/m1/s1. The Morgan fingerprint density at radius 1 is 1.55 bits per heavy atom. The van der Waals surface area contributed by atoms with Gasteiger partial charge in [-0.05, 0) is 20.5 Å². The highest BCUT2D eigenvalue weighted by Crippen LogP contribution is 2.04. The molecule has 3 nitrogen and oxygen atoms in total. The number of nitrogens with two attached hydrogens (primary N) is 1. The highest BCUT2D eigenvalue weighted by Gasteiger charge is 2.15. The van der Waals surface area contributed by atoms with Gasteiger partial charge in [0.05, 0.1) is 6.04 Å². The van der Waals surface area contributed by atoms with Crippen molar-refractivity contribution in [1.82, 2.24) is 4.90 Å². The molecule has 0 fully saturated rings. The molecule has 0 aromatic heterocycles. The van der Waals surface area contributed by atoms with Crippen molar-refractivity contribution in [3.8, 4) is 0 Å². The largest absolute Gasteiger partial charge is 0.368 e. The Bertz CT molecular complexity index is 123. The number of likely N-dealkylation sites (N-methyl/N-ethyl adjacent to an activating group) is 1. The summed E-state index contributed by atoms with van der Waals surface area (Å²) < 4.78 is 0. The predicted molar refractivity (Wildman–Crippen MR) is 46.2 cm³/mol. The van der Waals surface area contributed by atoms with E-state index in [1.54, 1.807) is 0 Å². The molecule has 0 aromatic rings. The van der Waals surface area contributed by atoms with Gasteiger partial charge in [0.2, 0.25) is 5.91 Å². The molecule has 11 heavy (non-hydrogen) atoms. The first-order chi connectivity index (χ1) is 5.09. The lowest BCUT2D eigenvalue weighted by atomic mass is 10.1. The SMILES string of the molecule is CCCC[C@H](C(N)=O)N(C)C. The third-order valence-corrected chi connectivity index (χ3v) is 1.78. The number of carbonyl (C=O) groups is 1. The zero-order chi connectivity index (χ0) is 8.85. The third kappa shape index (κ3) is 3.98. The quantitative estimate of drug-likeness (QED) is 0.636. The normalized spacial score (nSPS) is 13.5. The fraction of sp³-hybridized carbons (Fsp3) is 0.875. The van der Waals surface area contributed by atoms with E-state index < -0.39 is 0 Å². The average molecular weight is 158 g/mol. The lowest BCUT2D eigenvalue weighted by Gasteiger charge is -2.20. The molecular weight excluding hydrogens is 140 g/mol. The minimum Gasteiger partial charge on any atom is -0.368 e. The minimum absolute atomic E-state index is 0.0880. The van der Waals surface area contributed by atoms with Crippen LogP contribution in [0, 0.1) is 0 Å². The molecule has 0 aromatic carbocycles. The van der Waals surface area contributed by atoms with Gasteiger partial charge in [-0.3, -0.25) is 9.69 Å². The molecule has 0 saturated heterocycles. The van der Waals surface area contributed by atoms with Gasteiger partial charge in [0, 0.05) is 0 Å². The second-order valence-corrected chi connectivity index (χ2v) is 3.02. The zero-order valence-electron chi connectivity index (χ0n) is 7.63. The summed E-state index contributed by atoms with van der Waals surface area (Å²) in [5, 5.41) is 0. The Morgan fingerprint density at radius 2 is 2.09 bits per heavy atom. The second kappa shape index (κ2) is 5.13. The van der Waals surface area contributed by atoms with Crippen LogP contribution < -0.4 is 5.73 Å². The van der Waals surface area contributed by atoms with Crippen molar-refractivity contribution < 1.29 is 4.79 Å². The summed E-state index contributed by atoms with van der Waals surface area (Å²) in [6.07, 6.45) is 3.04. The van der Waals surface area contributed by atoms with Gasteiger partial charge < -0.3 is 5.73 Å². The van der Waals surface area contributed by atoms with Crippen LogP contribution in [0.25, 0.3) is 0 Å². The molecule has 0 aliphatic carbocycles. The number of unbranched alkanes of at least 4 members (excludes halogenated alkanes) is 1. The number of primary amides is 1. The molecule has 0 spiro atoms. The Morgan fingerprint density at radius 3 is 2.36 bits per heavy atom. The zero-order valence-corrected chi connectivity index (χ0v) is 7.63. The van der Waals surface area contributed by atoms with Crippen molar-refractivity contribution in [2.45, 2.75) is 32.2 Å². The fourth-order valence-electron chi connectivity index (χ4n) is 1.05. The maximum absolute atomic E-state index is 10.8. The molecule has 0 aliphatic heterocycles. The van der Waals surface area contributed by atoms with Gasteiger partial charge in [0.1, 0.15) is 0 Å². The lowest BCUT2D eigenvalue weighted by molar-refractivity contribution is -0.122. The van der Waals surface area contributed by atoms with Crippen LogP contribution in [0.5, 0.6) is 0 Å². The number of nitrogens with zero attached hydrogens (tertiary/aromatic N) is 1. The van der Waals surface area contributed by atoms with E-state index >= 15 is 0 Å². The van der Waals surface area contributed by atoms with Gasteiger partial charge in [0.15, 0.2) is 0 Å². The lowest BCUT2D eigenvalue weighted by Crippen LogP contribution is -2.40. The fourth-order valence-corrected chi connectivity index (χ4v) is 1.05. The maximum atomic E-state index is 10.8. The molecule has 0 saturated carbocycles. The molecule has 0 aliphatic rings. The van der Waals surface area contributed by atoms with E-state index in [0.717, 1.165) is 19.3 Å². The molecule has 0 rings (SSSR count). The Balaban J connectivity index is 3.80. The molecule has 0 bridgehead atoms. The molecule has 3 heteroatoms. The van der Waals surface area contributed by atoms with Crippen molar-refractivity contribution >= 4 is 5.91 Å². The molecule has 0 heterocycles. The van der Waals surface area contributed by atoms with E-state index in [-0.39, 0.29) is 11.9 Å². The smallest absolute Gasteiger partial charge is 0.234 e. The summed E-state index contributed by atoms with van der Waals surface area (Å²) in [5.41, 5.74) is 5.20. The summed E-state index contributed by atoms with van der Waals surface area (Å²) in [6, 6.07) is -0.0880. The van der Waals surface area contributed by atoms with E-state index in [0.29, 0.717) is 0 Å².